The van der Waals surface area contributed by atoms with Gasteiger partial charge in [-0.15, -0.1) is 0 Å². The van der Waals surface area contributed by atoms with Gasteiger partial charge in [0.15, 0.2) is 0 Å². The molecule has 6 nitrogen and oxygen atoms in total. The van der Waals surface area contributed by atoms with Crippen molar-refractivity contribution in [2.75, 3.05) is 13.1 Å². The largest absolute Gasteiger partial charge is 0.487 e. The van der Waals surface area contributed by atoms with Crippen LogP contribution in [0.3, 0.4) is 0 Å². The van der Waals surface area contributed by atoms with E-state index in [1.54, 1.807) is 18.2 Å². The molecule has 190 valence electrons. The molecule has 0 saturated carbocycles. The number of nitrogens with zero attached hydrogens (tertiary/aromatic N) is 1. The monoisotopic (exact) mass is 538 g/mol. The Morgan fingerprint density at radius 3 is 2.46 bits per heavy atom. The van der Waals surface area contributed by atoms with E-state index < -0.39 is 10.0 Å². The summed E-state index contributed by atoms with van der Waals surface area (Å²) in [4.78, 5) is 13.2. The Bertz CT molecular complexity index is 1180. The number of piperidine rings is 1. The SMILES string of the molecule is CCC1(CC)CC(NC(=O)C2CCN(S(=O)(=O)Cc3ccc(Cl)cc3Cl)CC2)c2ccccc2O1. The quantitative estimate of drug-likeness (QED) is 0.488. The number of hydrogen-bond donors (Lipinski definition) is 1. The zero-order valence-corrected chi connectivity index (χ0v) is 22.4. The number of carbonyl (C=O) groups excluding carboxylic acids is 1. The third-order valence-corrected chi connectivity index (χ3v) is 9.79. The number of halogens is 2. The minimum absolute atomic E-state index is 0.0226. The Hall–Kier alpha value is -1.80. The fraction of sp³-hybridized carbons (Fsp3) is 0.500. The molecule has 2 aromatic rings. The summed E-state index contributed by atoms with van der Waals surface area (Å²) < 4.78 is 33.8. The van der Waals surface area contributed by atoms with Crippen LogP contribution in [0.4, 0.5) is 0 Å². The lowest BCUT2D eigenvalue weighted by Gasteiger charge is -2.42. The number of benzene rings is 2. The van der Waals surface area contributed by atoms with Crippen LogP contribution in [-0.4, -0.2) is 37.3 Å². The van der Waals surface area contributed by atoms with Gasteiger partial charge < -0.3 is 10.1 Å². The first-order valence-corrected chi connectivity index (χ1v) is 14.5. The van der Waals surface area contributed by atoms with Gasteiger partial charge in [0.05, 0.1) is 11.8 Å². The fourth-order valence-corrected chi connectivity index (χ4v) is 7.19. The fourth-order valence-electron chi connectivity index (χ4n) is 5.04. The Balaban J connectivity index is 1.39. The second-order valence-electron chi connectivity index (χ2n) is 9.46. The summed E-state index contributed by atoms with van der Waals surface area (Å²) in [5, 5.41) is 4.06. The van der Waals surface area contributed by atoms with Crippen molar-refractivity contribution < 1.29 is 17.9 Å². The smallest absolute Gasteiger partial charge is 0.223 e. The highest BCUT2D eigenvalue weighted by Gasteiger charge is 2.40. The normalized spacial score (nSPS) is 20.6. The van der Waals surface area contributed by atoms with Crippen molar-refractivity contribution in [3.05, 3.63) is 63.6 Å². The number of hydrogen-bond acceptors (Lipinski definition) is 4. The van der Waals surface area contributed by atoms with Crippen molar-refractivity contribution in [3.8, 4) is 5.75 Å². The maximum absolute atomic E-state index is 13.2. The molecular formula is C26H32Cl2N2O4S. The molecule has 0 spiro atoms. The number of rotatable bonds is 7. The topological polar surface area (TPSA) is 75.7 Å². The second kappa shape index (κ2) is 10.7. The minimum Gasteiger partial charge on any atom is -0.487 e. The standard InChI is InChI=1S/C26H32Cl2N2O4S/c1-3-26(4-2)16-23(21-7-5-6-8-24(21)34-26)29-25(31)18-11-13-30(14-12-18)35(32,33)17-19-9-10-20(27)15-22(19)28/h5-10,15,18,23H,3-4,11-14,16-17H2,1-2H3,(H,29,31). The van der Waals surface area contributed by atoms with Gasteiger partial charge in [-0.25, -0.2) is 12.7 Å². The van der Waals surface area contributed by atoms with Crippen LogP contribution in [0.15, 0.2) is 42.5 Å². The number of carbonyl (C=O) groups is 1. The molecule has 0 bridgehead atoms. The molecule has 0 radical (unpaired) electrons. The number of sulfonamides is 1. The van der Waals surface area contributed by atoms with Gasteiger partial charge in [0, 0.05) is 41.0 Å². The lowest BCUT2D eigenvalue weighted by atomic mass is 9.83. The van der Waals surface area contributed by atoms with Crippen LogP contribution in [0.2, 0.25) is 10.0 Å². The Kier molecular flexibility index (Phi) is 8.01. The molecule has 1 fully saturated rings. The van der Waals surface area contributed by atoms with Gasteiger partial charge in [-0.2, -0.15) is 0 Å². The maximum atomic E-state index is 13.2. The van der Waals surface area contributed by atoms with Gasteiger partial charge in [-0.05, 0) is 49.4 Å². The van der Waals surface area contributed by atoms with Crippen molar-refractivity contribution in [3.63, 3.8) is 0 Å². The maximum Gasteiger partial charge on any atom is 0.223 e. The van der Waals surface area contributed by atoms with Crippen molar-refractivity contribution in [1.29, 1.82) is 0 Å². The minimum atomic E-state index is -3.55. The third kappa shape index (κ3) is 5.79. The number of nitrogens with one attached hydrogen (secondary N) is 1. The summed E-state index contributed by atoms with van der Waals surface area (Å²) in [5.41, 5.74) is 1.22. The van der Waals surface area contributed by atoms with E-state index in [0.717, 1.165) is 30.6 Å². The molecule has 35 heavy (non-hydrogen) atoms. The molecular weight excluding hydrogens is 507 g/mol. The molecule has 2 aliphatic heterocycles. The molecule has 0 aliphatic carbocycles. The van der Waals surface area contributed by atoms with E-state index in [4.69, 9.17) is 27.9 Å². The third-order valence-electron chi connectivity index (χ3n) is 7.37. The average Bonchev–Trinajstić information content (AvgIpc) is 2.85. The molecule has 2 heterocycles. The summed E-state index contributed by atoms with van der Waals surface area (Å²) in [6, 6.07) is 12.6. The van der Waals surface area contributed by atoms with E-state index >= 15 is 0 Å². The van der Waals surface area contributed by atoms with Crippen LogP contribution in [0.1, 0.15) is 63.1 Å². The lowest BCUT2D eigenvalue weighted by Crippen LogP contribution is -2.47. The lowest BCUT2D eigenvalue weighted by molar-refractivity contribution is -0.127. The van der Waals surface area contributed by atoms with Crippen molar-refractivity contribution in [2.45, 2.75) is 63.3 Å². The number of fused-ring (bicyclic) bond motifs is 1. The van der Waals surface area contributed by atoms with Crippen LogP contribution >= 0.6 is 23.2 Å². The average molecular weight is 540 g/mol. The molecule has 2 aromatic carbocycles. The van der Waals surface area contributed by atoms with Crippen LogP contribution < -0.4 is 10.1 Å². The summed E-state index contributed by atoms with van der Waals surface area (Å²) in [5.74, 6) is 0.392. The van der Waals surface area contributed by atoms with E-state index in [1.165, 1.54) is 4.31 Å². The van der Waals surface area contributed by atoms with E-state index in [2.05, 4.69) is 19.2 Å². The van der Waals surface area contributed by atoms with Gasteiger partial charge in [-0.1, -0.05) is 61.3 Å². The molecule has 9 heteroatoms. The van der Waals surface area contributed by atoms with Gasteiger partial charge in [0.2, 0.25) is 15.9 Å². The highest BCUT2D eigenvalue weighted by atomic mass is 35.5. The van der Waals surface area contributed by atoms with Gasteiger partial charge in [-0.3, -0.25) is 4.79 Å². The van der Waals surface area contributed by atoms with Crippen LogP contribution in [0.5, 0.6) is 5.75 Å². The molecule has 1 atom stereocenters. The van der Waals surface area contributed by atoms with Crippen LogP contribution in [-0.2, 0) is 20.6 Å². The van der Waals surface area contributed by atoms with Gasteiger partial charge in [0.1, 0.15) is 11.4 Å². The summed E-state index contributed by atoms with van der Waals surface area (Å²) in [6.07, 6.45) is 3.40. The van der Waals surface area contributed by atoms with E-state index in [-0.39, 0.29) is 29.2 Å². The molecule has 1 amide bonds. The number of ether oxygens (including phenoxy) is 1. The molecule has 4 rings (SSSR count). The molecule has 1 saturated heterocycles. The van der Waals surface area contributed by atoms with Gasteiger partial charge in [0.25, 0.3) is 0 Å². The Morgan fingerprint density at radius 2 is 1.80 bits per heavy atom. The van der Waals surface area contributed by atoms with E-state index in [0.29, 0.717) is 41.5 Å². The first-order chi connectivity index (χ1) is 16.7. The predicted octanol–water partition coefficient (Wildman–Crippen LogP) is 5.73. The number of para-hydroxylation sites is 1. The first-order valence-electron chi connectivity index (χ1n) is 12.2. The summed E-state index contributed by atoms with van der Waals surface area (Å²) in [6.45, 7) is 4.85. The van der Waals surface area contributed by atoms with E-state index in [9.17, 15) is 13.2 Å². The first kappa shape index (κ1) is 26.3. The van der Waals surface area contributed by atoms with Gasteiger partial charge >= 0.3 is 0 Å². The predicted molar refractivity (Wildman–Crippen MR) is 139 cm³/mol. The zero-order valence-electron chi connectivity index (χ0n) is 20.1. The van der Waals surface area contributed by atoms with Crippen LogP contribution in [0.25, 0.3) is 0 Å². The Labute approximate surface area is 218 Å². The highest BCUT2D eigenvalue weighted by Crippen LogP contribution is 2.43. The van der Waals surface area contributed by atoms with E-state index in [1.807, 2.05) is 24.3 Å². The van der Waals surface area contributed by atoms with Crippen molar-refractivity contribution >= 4 is 39.1 Å². The van der Waals surface area contributed by atoms with Crippen molar-refractivity contribution in [2.24, 2.45) is 5.92 Å². The molecule has 0 aromatic heterocycles. The number of amides is 1. The van der Waals surface area contributed by atoms with Crippen molar-refractivity contribution in [1.82, 2.24) is 9.62 Å². The summed E-state index contributed by atoms with van der Waals surface area (Å²) in [7, 11) is -3.55. The molecule has 1 N–H and O–H groups in total. The van der Waals surface area contributed by atoms with Crippen LogP contribution in [0, 0.1) is 5.92 Å². The summed E-state index contributed by atoms with van der Waals surface area (Å²) >= 11 is 12.1. The molecule has 1 unspecified atom stereocenters. The highest BCUT2D eigenvalue weighted by molar-refractivity contribution is 7.88. The Morgan fingerprint density at radius 1 is 1.11 bits per heavy atom. The second-order valence-corrected chi connectivity index (χ2v) is 12.3. The molecule has 2 aliphatic rings. The zero-order chi connectivity index (χ0) is 25.2.